The van der Waals surface area contributed by atoms with E-state index in [2.05, 4.69) is 15.9 Å². The molecule has 0 saturated carbocycles. The van der Waals surface area contributed by atoms with Crippen LogP contribution in [0, 0.1) is 10.1 Å². The number of benzene rings is 2. The van der Waals surface area contributed by atoms with Gasteiger partial charge in [-0.1, -0.05) is 24.3 Å². The van der Waals surface area contributed by atoms with Gasteiger partial charge in [-0.2, -0.15) is 11.3 Å². The van der Waals surface area contributed by atoms with E-state index in [1.807, 2.05) is 23.6 Å². The Morgan fingerprint density at radius 2 is 1.82 bits per heavy atom. The number of hydrogen-bond acceptors (Lipinski definition) is 7. The highest BCUT2D eigenvalue weighted by atomic mass is 32.1. The maximum atomic E-state index is 13.2. The van der Waals surface area contributed by atoms with Crippen LogP contribution in [0.4, 0.5) is 17.1 Å². The fourth-order valence-corrected chi connectivity index (χ4v) is 4.69. The molecule has 1 amide bonds. The second-order valence-electron chi connectivity index (χ2n) is 7.72. The molecule has 1 aromatic heterocycles. The summed E-state index contributed by atoms with van der Waals surface area (Å²) in [5, 5.41) is 15.2. The Labute approximate surface area is 196 Å². The molecule has 3 aromatic rings. The first-order valence-electron chi connectivity index (χ1n) is 10.8. The molecule has 0 unspecified atom stereocenters. The van der Waals surface area contributed by atoms with Crippen LogP contribution in [-0.4, -0.2) is 62.1 Å². The summed E-state index contributed by atoms with van der Waals surface area (Å²) >= 11 is 1.43. The van der Waals surface area contributed by atoms with Crippen LogP contribution in [0.3, 0.4) is 0 Å². The number of hydrogen-bond donors (Lipinski definition) is 0. The number of nitrogens with zero attached hydrogens (tertiary/aromatic N) is 4. The van der Waals surface area contributed by atoms with Crippen LogP contribution in [0.5, 0.6) is 5.75 Å². The van der Waals surface area contributed by atoms with Gasteiger partial charge in [-0.15, -0.1) is 0 Å². The highest BCUT2D eigenvalue weighted by Crippen LogP contribution is 2.30. The van der Waals surface area contributed by atoms with Crippen molar-refractivity contribution >= 4 is 34.3 Å². The molecule has 0 N–H and O–H groups in total. The number of methoxy groups -OCH3 is 1. The van der Waals surface area contributed by atoms with E-state index in [9.17, 15) is 14.9 Å². The molecule has 1 fully saturated rings. The van der Waals surface area contributed by atoms with Gasteiger partial charge in [0.2, 0.25) is 0 Å². The summed E-state index contributed by atoms with van der Waals surface area (Å²) < 4.78 is 5.49. The standard InChI is InChI=1S/C24H26N4O4S/c1-32-23-9-5-4-8-22(23)26-14-11-25(12-15-26)13-16-27(24(29)19-10-17-33-18-19)20-6-2-3-7-21(20)28(30)31/h2-10,17-18H,11-16H2,1H3. The van der Waals surface area contributed by atoms with E-state index >= 15 is 0 Å². The summed E-state index contributed by atoms with van der Waals surface area (Å²) in [5.41, 5.74) is 1.88. The van der Waals surface area contributed by atoms with E-state index in [0.29, 0.717) is 24.3 Å². The fourth-order valence-electron chi connectivity index (χ4n) is 4.07. The number of amides is 1. The largest absolute Gasteiger partial charge is 0.495 e. The average Bonchev–Trinajstić information content (AvgIpc) is 3.40. The third-order valence-electron chi connectivity index (χ3n) is 5.82. The van der Waals surface area contributed by atoms with Gasteiger partial charge in [0.05, 0.1) is 23.3 Å². The number of ether oxygens (including phenoxy) is 1. The predicted octanol–water partition coefficient (Wildman–Crippen LogP) is 4.13. The minimum absolute atomic E-state index is 0.0675. The van der Waals surface area contributed by atoms with Crippen LogP contribution < -0.4 is 14.5 Å². The minimum Gasteiger partial charge on any atom is -0.495 e. The van der Waals surface area contributed by atoms with E-state index in [1.54, 1.807) is 36.8 Å². The van der Waals surface area contributed by atoms with E-state index in [0.717, 1.165) is 37.6 Å². The highest BCUT2D eigenvalue weighted by molar-refractivity contribution is 7.08. The van der Waals surface area contributed by atoms with Crippen molar-refractivity contribution in [1.82, 2.24) is 4.90 Å². The molecule has 172 valence electrons. The van der Waals surface area contributed by atoms with Crippen molar-refractivity contribution in [2.24, 2.45) is 0 Å². The molecule has 33 heavy (non-hydrogen) atoms. The van der Waals surface area contributed by atoms with Gasteiger partial charge in [-0.05, 0) is 29.6 Å². The first kappa shape index (κ1) is 22.8. The molecular formula is C24H26N4O4S. The summed E-state index contributed by atoms with van der Waals surface area (Å²) in [6.45, 7) is 4.33. The third-order valence-corrected chi connectivity index (χ3v) is 6.50. The Bertz CT molecular complexity index is 1100. The first-order valence-corrected chi connectivity index (χ1v) is 11.7. The van der Waals surface area contributed by atoms with Gasteiger partial charge in [-0.3, -0.25) is 19.8 Å². The van der Waals surface area contributed by atoms with E-state index in [4.69, 9.17) is 4.74 Å². The van der Waals surface area contributed by atoms with Gasteiger partial charge in [0.1, 0.15) is 11.4 Å². The molecule has 0 aliphatic carbocycles. The normalized spacial score (nSPS) is 14.2. The molecule has 0 bridgehead atoms. The lowest BCUT2D eigenvalue weighted by atomic mass is 10.2. The van der Waals surface area contributed by atoms with Crippen molar-refractivity contribution in [3.8, 4) is 5.75 Å². The Balaban J connectivity index is 1.46. The number of carbonyl (C=O) groups is 1. The van der Waals surface area contributed by atoms with Crippen molar-refractivity contribution in [2.75, 3.05) is 56.2 Å². The lowest BCUT2D eigenvalue weighted by Crippen LogP contribution is -2.49. The predicted molar refractivity (Wildman–Crippen MR) is 131 cm³/mol. The maximum Gasteiger partial charge on any atom is 0.292 e. The van der Waals surface area contributed by atoms with Crippen LogP contribution in [-0.2, 0) is 0 Å². The lowest BCUT2D eigenvalue weighted by Gasteiger charge is -2.37. The SMILES string of the molecule is COc1ccccc1N1CCN(CCN(C(=O)c2ccsc2)c2ccccc2[N+](=O)[O-])CC1. The van der Waals surface area contributed by atoms with Crippen LogP contribution in [0.25, 0.3) is 0 Å². The second kappa shape index (κ2) is 10.5. The average molecular weight is 467 g/mol. The number of anilines is 2. The Morgan fingerprint density at radius 1 is 1.09 bits per heavy atom. The lowest BCUT2D eigenvalue weighted by molar-refractivity contribution is -0.384. The van der Waals surface area contributed by atoms with Crippen molar-refractivity contribution in [1.29, 1.82) is 0 Å². The molecule has 8 nitrogen and oxygen atoms in total. The van der Waals surface area contributed by atoms with Crippen molar-refractivity contribution < 1.29 is 14.5 Å². The first-order chi connectivity index (χ1) is 16.1. The second-order valence-corrected chi connectivity index (χ2v) is 8.50. The van der Waals surface area contributed by atoms with E-state index in [1.165, 1.54) is 22.3 Å². The summed E-state index contributed by atoms with van der Waals surface area (Å²) in [6.07, 6.45) is 0. The van der Waals surface area contributed by atoms with Gasteiger partial charge in [-0.25, -0.2) is 0 Å². The Kier molecular flexibility index (Phi) is 7.21. The summed E-state index contributed by atoms with van der Waals surface area (Å²) in [5.74, 6) is 0.632. The fraction of sp³-hybridized carbons (Fsp3) is 0.292. The summed E-state index contributed by atoms with van der Waals surface area (Å²) in [7, 11) is 1.68. The smallest absolute Gasteiger partial charge is 0.292 e. The number of nitro groups is 1. The number of thiophene rings is 1. The number of piperazine rings is 1. The van der Waals surface area contributed by atoms with Crippen molar-refractivity contribution in [3.63, 3.8) is 0 Å². The summed E-state index contributed by atoms with van der Waals surface area (Å²) in [4.78, 5) is 30.5. The van der Waals surface area contributed by atoms with Gasteiger partial charge in [0.25, 0.3) is 11.6 Å². The van der Waals surface area contributed by atoms with E-state index in [-0.39, 0.29) is 11.6 Å². The maximum absolute atomic E-state index is 13.2. The molecule has 1 aliphatic heterocycles. The van der Waals surface area contributed by atoms with Gasteiger partial charge >= 0.3 is 0 Å². The molecule has 0 spiro atoms. The molecule has 1 aliphatic rings. The highest BCUT2D eigenvalue weighted by Gasteiger charge is 2.27. The zero-order chi connectivity index (χ0) is 23.2. The van der Waals surface area contributed by atoms with Crippen LogP contribution >= 0.6 is 11.3 Å². The zero-order valence-electron chi connectivity index (χ0n) is 18.4. The molecule has 9 heteroatoms. The topological polar surface area (TPSA) is 79.2 Å². The Morgan fingerprint density at radius 3 is 2.52 bits per heavy atom. The third kappa shape index (κ3) is 5.15. The Hall–Kier alpha value is -3.43. The van der Waals surface area contributed by atoms with Crippen molar-refractivity contribution in [3.05, 3.63) is 81.0 Å². The number of nitro benzene ring substituents is 1. The molecule has 0 atom stereocenters. The zero-order valence-corrected chi connectivity index (χ0v) is 19.2. The monoisotopic (exact) mass is 466 g/mol. The number of para-hydroxylation sites is 4. The van der Waals surface area contributed by atoms with Gasteiger partial charge < -0.3 is 14.5 Å². The minimum atomic E-state index is -0.435. The molecule has 1 saturated heterocycles. The number of rotatable bonds is 8. The molecule has 4 rings (SSSR count). The quantitative estimate of drug-likeness (QED) is 0.367. The van der Waals surface area contributed by atoms with Crippen molar-refractivity contribution in [2.45, 2.75) is 0 Å². The van der Waals surface area contributed by atoms with E-state index < -0.39 is 4.92 Å². The van der Waals surface area contributed by atoms with Crippen LogP contribution in [0.15, 0.2) is 65.4 Å². The molecule has 2 aromatic carbocycles. The summed E-state index contributed by atoms with van der Waals surface area (Å²) in [6, 6.07) is 16.2. The molecule has 2 heterocycles. The van der Waals surface area contributed by atoms with Crippen LogP contribution in [0.2, 0.25) is 0 Å². The molecule has 0 radical (unpaired) electrons. The number of carbonyl (C=O) groups excluding carboxylic acids is 1. The van der Waals surface area contributed by atoms with Crippen LogP contribution in [0.1, 0.15) is 10.4 Å². The molecular weight excluding hydrogens is 440 g/mol. The van der Waals surface area contributed by atoms with Gasteiger partial charge in [0.15, 0.2) is 0 Å². The van der Waals surface area contributed by atoms with Gasteiger partial charge in [0, 0.05) is 50.7 Å².